The molecule has 3 aliphatic rings. The van der Waals surface area contributed by atoms with E-state index in [1.54, 1.807) is 0 Å². The number of amidine groups is 1. The third kappa shape index (κ3) is 2.14. The molecule has 4 rings (SSSR count). The number of nitrogens with zero attached hydrogens (tertiary/aromatic N) is 2. The van der Waals surface area contributed by atoms with Gasteiger partial charge in [-0.3, -0.25) is 4.99 Å². The van der Waals surface area contributed by atoms with E-state index in [0.717, 1.165) is 13.0 Å². The van der Waals surface area contributed by atoms with Crippen molar-refractivity contribution in [3.05, 3.63) is 72.0 Å². The molecule has 2 atom stereocenters. The summed E-state index contributed by atoms with van der Waals surface area (Å²) in [7, 11) is 0. The van der Waals surface area contributed by atoms with Gasteiger partial charge in [0, 0.05) is 25.1 Å². The lowest BCUT2D eigenvalue weighted by molar-refractivity contribution is 0.407. The van der Waals surface area contributed by atoms with Gasteiger partial charge in [-0.05, 0) is 30.9 Å². The topological polar surface area (TPSA) is 15.6 Å². The van der Waals surface area contributed by atoms with E-state index >= 15 is 0 Å². The predicted molar refractivity (Wildman–Crippen MR) is 91.6 cm³/mol. The molecule has 2 heteroatoms. The first kappa shape index (κ1) is 13.6. The number of rotatable bonds is 1. The molecule has 2 nitrogen and oxygen atoms in total. The lowest BCUT2D eigenvalue weighted by Gasteiger charge is -2.34. The van der Waals surface area contributed by atoms with E-state index < -0.39 is 0 Å². The Morgan fingerprint density at radius 2 is 2.00 bits per heavy atom. The third-order valence-corrected chi connectivity index (χ3v) is 5.07. The zero-order valence-electron chi connectivity index (χ0n) is 13.1. The lowest BCUT2D eigenvalue weighted by Crippen LogP contribution is -2.34. The smallest absolute Gasteiger partial charge is 0.104 e. The van der Waals surface area contributed by atoms with Gasteiger partial charge in [0.1, 0.15) is 5.84 Å². The summed E-state index contributed by atoms with van der Waals surface area (Å²) in [5.74, 6) is 1.55. The summed E-state index contributed by atoms with van der Waals surface area (Å²) >= 11 is 0. The lowest BCUT2D eigenvalue weighted by atomic mass is 9.74. The van der Waals surface area contributed by atoms with Crippen molar-refractivity contribution in [3.63, 3.8) is 0 Å². The zero-order valence-corrected chi connectivity index (χ0v) is 13.1. The van der Waals surface area contributed by atoms with E-state index in [4.69, 9.17) is 4.99 Å². The molecule has 0 spiro atoms. The minimum atomic E-state index is -0.226. The second-order valence-electron chi connectivity index (χ2n) is 6.54. The maximum Gasteiger partial charge on any atom is 0.104 e. The summed E-state index contributed by atoms with van der Waals surface area (Å²) in [4.78, 5) is 7.67. The molecular formula is C20H22N2. The van der Waals surface area contributed by atoms with Crippen LogP contribution in [0.15, 0.2) is 71.4 Å². The Hall–Kier alpha value is -2.09. The Kier molecular flexibility index (Phi) is 3.25. The Balaban J connectivity index is 1.90. The summed E-state index contributed by atoms with van der Waals surface area (Å²) in [5.41, 5.74) is 2.44. The Morgan fingerprint density at radius 1 is 1.14 bits per heavy atom. The Morgan fingerprint density at radius 3 is 2.86 bits per heavy atom. The number of aliphatic imine (C=N–C) groups is 1. The predicted octanol–water partition coefficient (Wildman–Crippen LogP) is 4.43. The molecule has 1 saturated heterocycles. The fourth-order valence-corrected chi connectivity index (χ4v) is 3.83. The molecule has 0 amide bonds. The van der Waals surface area contributed by atoms with Crippen molar-refractivity contribution >= 4 is 5.84 Å². The molecule has 1 fully saturated rings. The van der Waals surface area contributed by atoms with Crippen molar-refractivity contribution in [2.24, 2.45) is 10.9 Å². The normalized spacial score (nSPS) is 30.0. The van der Waals surface area contributed by atoms with Gasteiger partial charge in [0.25, 0.3) is 0 Å². The molecule has 2 unspecified atom stereocenters. The van der Waals surface area contributed by atoms with Gasteiger partial charge in [-0.2, -0.15) is 0 Å². The molecule has 0 N–H and O–H groups in total. The first-order valence-electron chi connectivity index (χ1n) is 8.25. The van der Waals surface area contributed by atoms with Gasteiger partial charge < -0.3 is 4.90 Å². The molecule has 112 valence electrons. The van der Waals surface area contributed by atoms with Gasteiger partial charge in [-0.1, -0.05) is 54.6 Å². The van der Waals surface area contributed by atoms with Crippen molar-refractivity contribution in [2.75, 3.05) is 6.54 Å². The van der Waals surface area contributed by atoms with Crippen LogP contribution in [-0.2, 0) is 5.54 Å². The third-order valence-electron chi connectivity index (χ3n) is 5.07. The van der Waals surface area contributed by atoms with Gasteiger partial charge in [0.2, 0.25) is 0 Å². The molecular weight excluding hydrogens is 268 g/mol. The number of benzene rings is 1. The van der Waals surface area contributed by atoms with Gasteiger partial charge in [-0.25, -0.2) is 0 Å². The number of hydrogen-bond donors (Lipinski definition) is 0. The van der Waals surface area contributed by atoms with Crippen molar-refractivity contribution in [1.82, 2.24) is 4.90 Å². The van der Waals surface area contributed by atoms with Gasteiger partial charge >= 0.3 is 0 Å². The number of hydrogen-bond acceptors (Lipinski definition) is 2. The summed E-state index contributed by atoms with van der Waals surface area (Å²) in [6.45, 7) is 3.38. The number of piperidine rings is 1. The van der Waals surface area contributed by atoms with Crippen LogP contribution in [0.1, 0.15) is 31.7 Å². The number of fused-ring (bicyclic) bond motifs is 2. The molecule has 22 heavy (non-hydrogen) atoms. The Bertz CT molecular complexity index is 681. The minimum absolute atomic E-state index is 0.226. The minimum Gasteiger partial charge on any atom is -0.336 e. The van der Waals surface area contributed by atoms with E-state index in [-0.39, 0.29) is 5.54 Å². The van der Waals surface area contributed by atoms with Crippen molar-refractivity contribution in [3.8, 4) is 0 Å². The Labute approximate surface area is 132 Å². The highest BCUT2D eigenvalue weighted by Gasteiger charge is 2.39. The standard InChI is InChI=1S/C20H22N2/c1-20(17-10-3-2-4-11-17)18-12-6-5-9-16(18)15-22-14-8-7-13-19(22)21-20/h2-6,9-12,15,18H,7-8,13-14H2,1H3. The van der Waals surface area contributed by atoms with Crippen LogP contribution in [0.4, 0.5) is 0 Å². The fourth-order valence-electron chi connectivity index (χ4n) is 3.83. The van der Waals surface area contributed by atoms with Crippen molar-refractivity contribution in [1.29, 1.82) is 0 Å². The maximum absolute atomic E-state index is 5.29. The average Bonchev–Trinajstić information content (AvgIpc) is 2.70. The fraction of sp³-hybridized carbons (Fsp3) is 0.350. The summed E-state index contributed by atoms with van der Waals surface area (Å²) < 4.78 is 0. The molecule has 1 aromatic rings. The summed E-state index contributed by atoms with van der Waals surface area (Å²) in [6, 6.07) is 10.8. The molecule has 2 heterocycles. The highest BCUT2D eigenvalue weighted by atomic mass is 15.2. The second kappa shape index (κ2) is 5.28. The highest BCUT2D eigenvalue weighted by Crippen LogP contribution is 2.43. The van der Waals surface area contributed by atoms with Crippen LogP contribution in [0.3, 0.4) is 0 Å². The van der Waals surface area contributed by atoms with Gasteiger partial charge in [0.15, 0.2) is 0 Å². The van der Waals surface area contributed by atoms with Crippen LogP contribution in [0, 0.1) is 5.92 Å². The van der Waals surface area contributed by atoms with E-state index in [9.17, 15) is 0 Å². The average molecular weight is 290 g/mol. The quantitative estimate of drug-likeness (QED) is 0.747. The van der Waals surface area contributed by atoms with Crippen molar-refractivity contribution in [2.45, 2.75) is 31.7 Å². The van der Waals surface area contributed by atoms with Gasteiger partial charge in [-0.15, -0.1) is 0 Å². The molecule has 2 aliphatic heterocycles. The SMILES string of the molecule is CC1(c2ccccc2)N=C2CCCCN2C=C2C=CC=CC21. The van der Waals surface area contributed by atoms with Crippen LogP contribution in [-0.4, -0.2) is 17.3 Å². The van der Waals surface area contributed by atoms with Crippen LogP contribution in [0.5, 0.6) is 0 Å². The molecule has 1 aliphatic carbocycles. The molecule has 0 bridgehead atoms. The van der Waals surface area contributed by atoms with Gasteiger partial charge in [0.05, 0.1) is 5.54 Å². The monoisotopic (exact) mass is 290 g/mol. The van der Waals surface area contributed by atoms with Crippen LogP contribution >= 0.6 is 0 Å². The van der Waals surface area contributed by atoms with E-state index in [2.05, 4.69) is 72.7 Å². The highest BCUT2D eigenvalue weighted by molar-refractivity contribution is 5.85. The number of allylic oxidation sites excluding steroid dienone is 3. The van der Waals surface area contributed by atoms with Crippen LogP contribution < -0.4 is 0 Å². The van der Waals surface area contributed by atoms with E-state index in [1.165, 1.54) is 29.8 Å². The van der Waals surface area contributed by atoms with Crippen LogP contribution in [0.25, 0.3) is 0 Å². The molecule has 0 aromatic heterocycles. The zero-order chi connectivity index (χ0) is 15.0. The molecule has 1 aromatic carbocycles. The summed E-state index contributed by atoms with van der Waals surface area (Å²) in [5, 5.41) is 0. The maximum atomic E-state index is 5.29. The first-order valence-corrected chi connectivity index (χ1v) is 8.25. The second-order valence-corrected chi connectivity index (χ2v) is 6.54. The van der Waals surface area contributed by atoms with E-state index in [0.29, 0.717) is 5.92 Å². The molecule has 0 radical (unpaired) electrons. The molecule has 0 saturated carbocycles. The van der Waals surface area contributed by atoms with Crippen molar-refractivity contribution < 1.29 is 0 Å². The van der Waals surface area contributed by atoms with E-state index in [1.807, 2.05) is 0 Å². The summed E-state index contributed by atoms with van der Waals surface area (Å²) in [6.07, 6.45) is 14.8. The van der Waals surface area contributed by atoms with Crippen LogP contribution in [0.2, 0.25) is 0 Å². The largest absolute Gasteiger partial charge is 0.336 e. The first-order chi connectivity index (χ1) is 10.8.